The fourth-order valence-corrected chi connectivity index (χ4v) is 1.17. The summed E-state index contributed by atoms with van der Waals surface area (Å²) < 4.78 is 0. The molecule has 0 aliphatic carbocycles. The molecule has 2 atom stereocenters. The van der Waals surface area contributed by atoms with Gasteiger partial charge in [-0.15, -0.1) is 0 Å². The first kappa shape index (κ1) is 11.2. The van der Waals surface area contributed by atoms with Crippen LogP contribution in [0.5, 0.6) is 0 Å². The highest BCUT2D eigenvalue weighted by atomic mass is 16.4. The second-order valence-corrected chi connectivity index (χ2v) is 3.39. The maximum absolute atomic E-state index is 10.9. The molecular weight excluding hydrogens is 152 g/mol. The van der Waals surface area contributed by atoms with Gasteiger partial charge in [-0.05, 0) is 26.2 Å². The van der Waals surface area contributed by atoms with E-state index >= 15 is 0 Å². The lowest BCUT2D eigenvalue weighted by atomic mass is 9.76. The van der Waals surface area contributed by atoms with Crippen LogP contribution in [0.4, 0.5) is 0 Å². The second kappa shape index (κ2) is 4.29. The highest BCUT2D eigenvalue weighted by Crippen LogP contribution is 2.32. The molecule has 0 aromatic heterocycles. The molecule has 0 spiro atoms. The standard InChI is InChI=1S/C10H18O2/c1-5-7-8(3)10(4,6-2)9(11)12/h5,7-8H,6H2,1-4H3,(H,11,12)/b7-5+. The molecule has 0 saturated heterocycles. The van der Waals surface area contributed by atoms with Gasteiger partial charge in [0.05, 0.1) is 5.41 Å². The highest BCUT2D eigenvalue weighted by Gasteiger charge is 2.35. The van der Waals surface area contributed by atoms with Gasteiger partial charge in [0.1, 0.15) is 0 Å². The predicted octanol–water partition coefficient (Wildman–Crippen LogP) is 2.70. The number of carboxylic acids is 1. The average molecular weight is 170 g/mol. The zero-order valence-corrected chi connectivity index (χ0v) is 8.29. The summed E-state index contributed by atoms with van der Waals surface area (Å²) in [4.78, 5) is 10.9. The average Bonchev–Trinajstić information content (AvgIpc) is 2.03. The van der Waals surface area contributed by atoms with Gasteiger partial charge in [0, 0.05) is 0 Å². The molecule has 2 unspecified atom stereocenters. The predicted molar refractivity (Wildman–Crippen MR) is 50.0 cm³/mol. The number of rotatable bonds is 4. The molecule has 0 heterocycles. The van der Waals surface area contributed by atoms with Crippen LogP contribution in [0.2, 0.25) is 0 Å². The van der Waals surface area contributed by atoms with Crippen LogP contribution in [0, 0.1) is 11.3 Å². The Kier molecular flexibility index (Phi) is 4.01. The van der Waals surface area contributed by atoms with Crippen molar-refractivity contribution in [3.63, 3.8) is 0 Å². The summed E-state index contributed by atoms with van der Waals surface area (Å²) in [7, 11) is 0. The van der Waals surface area contributed by atoms with Gasteiger partial charge in [-0.2, -0.15) is 0 Å². The Morgan fingerprint density at radius 1 is 1.67 bits per heavy atom. The van der Waals surface area contributed by atoms with Crippen LogP contribution >= 0.6 is 0 Å². The lowest BCUT2D eigenvalue weighted by Crippen LogP contribution is -2.32. The van der Waals surface area contributed by atoms with Gasteiger partial charge in [-0.1, -0.05) is 26.0 Å². The first-order chi connectivity index (χ1) is 5.49. The van der Waals surface area contributed by atoms with Gasteiger partial charge in [-0.25, -0.2) is 0 Å². The van der Waals surface area contributed by atoms with Crippen LogP contribution in [0.3, 0.4) is 0 Å². The fourth-order valence-electron chi connectivity index (χ4n) is 1.17. The lowest BCUT2D eigenvalue weighted by molar-refractivity contribution is -0.150. The molecule has 2 nitrogen and oxygen atoms in total. The molecule has 0 rings (SSSR count). The van der Waals surface area contributed by atoms with Crippen LogP contribution in [0.25, 0.3) is 0 Å². The second-order valence-electron chi connectivity index (χ2n) is 3.39. The largest absolute Gasteiger partial charge is 0.481 e. The molecular formula is C10H18O2. The topological polar surface area (TPSA) is 37.3 Å². The maximum atomic E-state index is 10.9. The minimum atomic E-state index is -0.712. The van der Waals surface area contributed by atoms with E-state index < -0.39 is 11.4 Å². The number of carbonyl (C=O) groups is 1. The van der Waals surface area contributed by atoms with E-state index in [1.807, 2.05) is 32.9 Å². The van der Waals surface area contributed by atoms with Crippen molar-refractivity contribution in [1.29, 1.82) is 0 Å². The molecule has 0 aliphatic heterocycles. The summed E-state index contributed by atoms with van der Waals surface area (Å²) in [5, 5.41) is 9.00. The number of hydrogen-bond donors (Lipinski definition) is 1. The Bertz CT molecular complexity index is 184. The van der Waals surface area contributed by atoms with E-state index in [0.29, 0.717) is 6.42 Å². The first-order valence-electron chi connectivity index (χ1n) is 4.35. The Morgan fingerprint density at radius 2 is 2.17 bits per heavy atom. The zero-order valence-electron chi connectivity index (χ0n) is 8.29. The Labute approximate surface area is 74.3 Å². The number of allylic oxidation sites excluding steroid dienone is 2. The molecule has 0 aromatic rings. The number of carboxylic acid groups (broad SMARTS) is 1. The van der Waals surface area contributed by atoms with Crippen molar-refractivity contribution in [3.8, 4) is 0 Å². The van der Waals surface area contributed by atoms with Gasteiger partial charge in [0.25, 0.3) is 0 Å². The first-order valence-corrected chi connectivity index (χ1v) is 4.35. The van der Waals surface area contributed by atoms with Crippen molar-refractivity contribution in [2.75, 3.05) is 0 Å². The third kappa shape index (κ3) is 2.10. The monoisotopic (exact) mass is 170 g/mol. The Hall–Kier alpha value is -0.790. The molecule has 0 bridgehead atoms. The third-order valence-electron chi connectivity index (χ3n) is 2.71. The van der Waals surface area contributed by atoms with E-state index in [0.717, 1.165) is 0 Å². The van der Waals surface area contributed by atoms with Crippen molar-refractivity contribution in [2.24, 2.45) is 11.3 Å². The van der Waals surface area contributed by atoms with Gasteiger partial charge in [0.2, 0.25) is 0 Å². The molecule has 70 valence electrons. The Morgan fingerprint density at radius 3 is 2.42 bits per heavy atom. The quantitative estimate of drug-likeness (QED) is 0.659. The van der Waals surface area contributed by atoms with Crippen LogP contribution in [0.15, 0.2) is 12.2 Å². The van der Waals surface area contributed by atoms with Gasteiger partial charge >= 0.3 is 5.97 Å². The molecule has 0 fully saturated rings. The molecule has 1 N–H and O–H groups in total. The SMILES string of the molecule is C/C=C/C(C)C(C)(CC)C(=O)O. The van der Waals surface area contributed by atoms with Crippen molar-refractivity contribution in [2.45, 2.75) is 34.1 Å². The van der Waals surface area contributed by atoms with E-state index in [1.165, 1.54) is 0 Å². The summed E-state index contributed by atoms with van der Waals surface area (Å²) >= 11 is 0. The van der Waals surface area contributed by atoms with Gasteiger partial charge in [0.15, 0.2) is 0 Å². The normalized spacial score (nSPS) is 19.0. The number of hydrogen-bond acceptors (Lipinski definition) is 1. The van der Waals surface area contributed by atoms with E-state index in [-0.39, 0.29) is 5.92 Å². The molecule has 0 aromatic carbocycles. The van der Waals surface area contributed by atoms with Gasteiger partial charge in [-0.3, -0.25) is 4.79 Å². The van der Waals surface area contributed by atoms with Crippen molar-refractivity contribution >= 4 is 5.97 Å². The summed E-state index contributed by atoms with van der Waals surface area (Å²) in [5.41, 5.74) is -0.619. The van der Waals surface area contributed by atoms with Crippen molar-refractivity contribution in [3.05, 3.63) is 12.2 Å². The highest BCUT2D eigenvalue weighted by molar-refractivity contribution is 5.74. The molecule has 0 amide bonds. The van der Waals surface area contributed by atoms with Crippen molar-refractivity contribution < 1.29 is 9.90 Å². The van der Waals surface area contributed by atoms with E-state index in [4.69, 9.17) is 5.11 Å². The smallest absolute Gasteiger partial charge is 0.309 e. The van der Waals surface area contributed by atoms with Gasteiger partial charge < -0.3 is 5.11 Å². The lowest BCUT2D eigenvalue weighted by Gasteiger charge is -2.27. The van der Waals surface area contributed by atoms with E-state index in [1.54, 1.807) is 6.92 Å². The van der Waals surface area contributed by atoms with Crippen LogP contribution in [-0.4, -0.2) is 11.1 Å². The zero-order chi connectivity index (χ0) is 9.78. The minimum Gasteiger partial charge on any atom is -0.481 e. The summed E-state index contributed by atoms with van der Waals surface area (Å²) in [6.07, 6.45) is 4.51. The van der Waals surface area contributed by atoms with E-state index in [2.05, 4.69) is 0 Å². The summed E-state index contributed by atoms with van der Waals surface area (Å²) in [6.45, 7) is 7.56. The molecule has 2 heteroatoms. The van der Waals surface area contributed by atoms with E-state index in [9.17, 15) is 4.79 Å². The van der Waals surface area contributed by atoms with Crippen LogP contribution in [-0.2, 0) is 4.79 Å². The molecule has 0 radical (unpaired) electrons. The number of aliphatic carboxylic acids is 1. The van der Waals surface area contributed by atoms with Crippen LogP contribution < -0.4 is 0 Å². The Balaban J connectivity index is 4.62. The summed E-state index contributed by atoms with van der Waals surface area (Å²) in [6, 6.07) is 0. The minimum absolute atomic E-state index is 0.0880. The fraction of sp³-hybridized carbons (Fsp3) is 0.700. The molecule has 0 saturated carbocycles. The molecule has 0 aliphatic rings. The van der Waals surface area contributed by atoms with Crippen LogP contribution in [0.1, 0.15) is 34.1 Å². The molecule has 12 heavy (non-hydrogen) atoms. The third-order valence-corrected chi connectivity index (χ3v) is 2.71. The maximum Gasteiger partial charge on any atom is 0.309 e. The van der Waals surface area contributed by atoms with Crippen molar-refractivity contribution in [1.82, 2.24) is 0 Å². The summed E-state index contributed by atoms with van der Waals surface area (Å²) in [5.74, 6) is -0.624.